The molecular weight excluding hydrogens is 461 g/mol. The summed E-state index contributed by atoms with van der Waals surface area (Å²) in [6.45, 7) is 3.44. The molecule has 0 saturated carbocycles. The molecule has 168 valence electrons. The Balaban J connectivity index is 1.52. The van der Waals surface area contributed by atoms with Gasteiger partial charge in [-0.1, -0.05) is 65.7 Å². The van der Waals surface area contributed by atoms with E-state index < -0.39 is 17.1 Å². The van der Waals surface area contributed by atoms with E-state index >= 15 is 0 Å². The van der Waals surface area contributed by atoms with Gasteiger partial charge < -0.3 is 16.0 Å². The summed E-state index contributed by atoms with van der Waals surface area (Å²) in [6.07, 6.45) is 0. The van der Waals surface area contributed by atoms with E-state index in [4.69, 9.17) is 23.2 Å². The van der Waals surface area contributed by atoms with E-state index in [1.165, 1.54) is 12.1 Å². The number of carbonyl (C=O) groups excluding carboxylic acids is 3. The zero-order valence-corrected chi connectivity index (χ0v) is 19.4. The van der Waals surface area contributed by atoms with Crippen molar-refractivity contribution in [2.45, 2.75) is 25.3 Å². The van der Waals surface area contributed by atoms with Gasteiger partial charge in [-0.15, -0.1) is 0 Å². The molecule has 1 aliphatic heterocycles. The third kappa shape index (κ3) is 4.32. The number of Topliss-reactive ketones (excluding diaryl/α,β-unsaturated/α-hetero) is 1. The van der Waals surface area contributed by atoms with Crippen molar-refractivity contribution in [1.82, 2.24) is 5.32 Å². The molecule has 1 aliphatic rings. The van der Waals surface area contributed by atoms with Gasteiger partial charge in [0.1, 0.15) is 5.41 Å². The van der Waals surface area contributed by atoms with Crippen molar-refractivity contribution in [3.8, 4) is 0 Å². The molecule has 8 heteroatoms. The molecule has 0 aliphatic carbocycles. The summed E-state index contributed by atoms with van der Waals surface area (Å²) in [6, 6.07) is 18.6. The normalized spacial score (nSPS) is 18.2. The van der Waals surface area contributed by atoms with E-state index in [1.54, 1.807) is 31.2 Å². The maximum Gasteiger partial charge on any atom is 0.319 e. The van der Waals surface area contributed by atoms with Gasteiger partial charge in [-0.05, 0) is 49.2 Å². The minimum absolute atomic E-state index is 0.175. The number of benzene rings is 3. The van der Waals surface area contributed by atoms with Crippen molar-refractivity contribution in [2.75, 3.05) is 10.6 Å². The van der Waals surface area contributed by atoms with Crippen molar-refractivity contribution in [3.63, 3.8) is 0 Å². The Bertz CT molecular complexity index is 1250. The molecule has 0 aromatic heterocycles. The van der Waals surface area contributed by atoms with E-state index in [1.807, 2.05) is 37.3 Å². The first-order valence-electron chi connectivity index (χ1n) is 10.3. The lowest BCUT2D eigenvalue weighted by atomic mass is 9.73. The lowest BCUT2D eigenvalue weighted by Gasteiger charge is -2.33. The molecule has 4 rings (SSSR count). The van der Waals surface area contributed by atoms with Gasteiger partial charge in [-0.2, -0.15) is 0 Å². The zero-order valence-electron chi connectivity index (χ0n) is 17.9. The third-order valence-corrected chi connectivity index (χ3v) is 6.32. The number of hydrogen-bond donors (Lipinski definition) is 3. The lowest BCUT2D eigenvalue weighted by Crippen LogP contribution is -2.48. The van der Waals surface area contributed by atoms with Crippen molar-refractivity contribution in [3.05, 3.63) is 93.5 Å². The zero-order chi connectivity index (χ0) is 23.8. The predicted octanol–water partition coefficient (Wildman–Crippen LogP) is 5.97. The summed E-state index contributed by atoms with van der Waals surface area (Å²) in [4.78, 5) is 38.7. The highest BCUT2D eigenvalue weighted by atomic mass is 35.5. The fourth-order valence-electron chi connectivity index (χ4n) is 3.84. The van der Waals surface area contributed by atoms with Crippen molar-refractivity contribution in [1.29, 1.82) is 0 Å². The van der Waals surface area contributed by atoms with Gasteiger partial charge in [-0.3, -0.25) is 9.59 Å². The standard InChI is InChI=1S/C25H21Cl2N3O3/c1-14(15-6-4-3-5-7-15)28-24(33)29-18-10-8-16(9-11-18)25(2)22(31)21-19(27)12-17(26)13-20(21)30-23(25)32/h3-14H,1-2H3,(H,30,32)(H2,28,29,33)/t14-,25+/m1/s1. The Morgan fingerprint density at radius 3 is 2.33 bits per heavy atom. The van der Waals surface area contributed by atoms with E-state index in [-0.39, 0.29) is 22.7 Å². The van der Waals surface area contributed by atoms with E-state index in [0.29, 0.717) is 22.0 Å². The molecule has 3 aromatic rings. The SMILES string of the molecule is C[C@@H](NC(=O)Nc1ccc([C@]2(C)C(=O)Nc3cc(Cl)cc(Cl)c3C2=O)cc1)c1ccccc1. The van der Waals surface area contributed by atoms with Crippen LogP contribution in [-0.2, 0) is 10.2 Å². The Morgan fingerprint density at radius 2 is 1.67 bits per heavy atom. The van der Waals surface area contributed by atoms with E-state index in [2.05, 4.69) is 16.0 Å². The van der Waals surface area contributed by atoms with Crippen LogP contribution in [0.5, 0.6) is 0 Å². The van der Waals surface area contributed by atoms with E-state index in [0.717, 1.165) is 5.56 Å². The van der Waals surface area contributed by atoms with Crippen LogP contribution in [0, 0.1) is 0 Å². The number of halogens is 2. The lowest BCUT2D eigenvalue weighted by molar-refractivity contribution is -0.119. The van der Waals surface area contributed by atoms with Crippen LogP contribution >= 0.6 is 23.2 Å². The summed E-state index contributed by atoms with van der Waals surface area (Å²) >= 11 is 12.3. The smallest absolute Gasteiger partial charge is 0.319 e. The molecule has 2 atom stereocenters. The molecule has 3 N–H and O–H groups in total. The number of amides is 3. The van der Waals surface area contributed by atoms with Crippen LogP contribution in [0.1, 0.15) is 41.4 Å². The monoisotopic (exact) mass is 481 g/mol. The number of urea groups is 1. The third-order valence-electron chi connectivity index (χ3n) is 5.81. The molecule has 0 bridgehead atoms. The number of anilines is 2. The average Bonchev–Trinajstić information content (AvgIpc) is 2.78. The average molecular weight is 482 g/mol. The van der Waals surface area contributed by atoms with Crippen LogP contribution in [0.2, 0.25) is 10.0 Å². The number of rotatable bonds is 4. The second-order valence-electron chi connectivity index (χ2n) is 8.03. The fraction of sp³-hybridized carbons (Fsp3) is 0.160. The number of hydrogen-bond acceptors (Lipinski definition) is 3. The predicted molar refractivity (Wildman–Crippen MR) is 130 cm³/mol. The summed E-state index contributed by atoms with van der Waals surface area (Å²) < 4.78 is 0. The molecule has 0 fully saturated rings. The topological polar surface area (TPSA) is 87.3 Å². The van der Waals surface area contributed by atoms with Crippen LogP contribution in [0.25, 0.3) is 0 Å². The first kappa shape index (κ1) is 22.8. The minimum atomic E-state index is -1.48. The second-order valence-corrected chi connectivity index (χ2v) is 8.87. The molecule has 0 spiro atoms. The molecule has 3 aromatic carbocycles. The van der Waals surface area contributed by atoms with Crippen LogP contribution in [-0.4, -0.2) is 17.7 Å². The quantitative estimate of drug-likeness (QED) is 0.401. The number of carbonyl (C=O) groups is 3. The van der Waals surface area contributed by atoms with Crippen LogP contribution in [0.3, 0.4) is 0 Å². The number of ketones is 1. The largest absolute Gasteiger partial charge is 0.331 e. The second kappa shape index (κ2) is 8.89. The summed E-state index contributed by atoms with van der Waals surface area (Å²) in [7, 11) is 0. The highest BCUT2D eigenvalue weighted by molar-refractivity contribution is 6.41. The molecular formula is C25H21Cl2N3O3. The van der Waals surface area contributed by atoms with Gasteiger partial charge in [-0.25, -0.2) is 4.79 Å². The molecule has 3 amide bonds. The molecule has 0 saturated heterocycles. The Labute approximate surface area is 201 Å². The van der Waals surface area contributed by atoms with Gasteiger partial charge in [0.05, 0.1) is 22.3 Å². The summed E-state index contributed by atoms with van der Waals surface area (Å²) in [5.74, 6) is -0.897. The Morgan fingerprint density at radius 1 is 1.00 bits per heavy atom. The first-order chi connectivity index (χ1) is 15.7. The Kier molecular flexibility index (Phi) is 6.15. The van der Waals surface area contributed by atoms with Gasteiger partial charge in [0.25, 0.3) is 0 Å². The van der Waals surface area contributed by atoms with Crippen molar-refractivity contribution < 1.29 is 14.4 Å². The molecule has 0 radical (unpaired) electrons. The maximum absolute atomic E-state index is 13.3. The highest BCUT2D eigenvalue weighted by Crippen LogP contribution is 2.41. The van der Waals surface area contributed by atoms with Gasteiger partial charge >= 0.3 is 6.03 Å². The number of fused-ring (bicyclic) bond motifs is 1. The summed E-state index contributed by atoms with van der Waals surface area (Å²) in [5.41, 5.74) is 1.02. The number of nitrogens with one attached hydrogen (secondary N) is 3. The molecule has 1 heterocycles. The minimum Gasteiger partial charge on any atom is -0.331 e. The van der Waals surface area contributed by atoms with Crippen LogP contribution in [0.15, 0.2) is 66.7 Å². The molecule has 0 unspecified atom stereocenters. The van der Waals surface area contributed by atoms with Crippen molar-refractivity contribution in [2.24, 2.45) is 0 Å². The Hall–Kier alpha value is -3.35. The van der Waals surface area contributed by atoms with Crippen molar-refractivity contribution >= 4 is 52.3 Å². The van der Waals surface area contributed by atoms with E-state index in [9.17, 15) is 14.4 Å². The highest BCUT2D eigenvalue weighted by Gasteiger charge is 2.48. The summed E-state index contributed by atoms with van der Waals surface area (Å²) in [5, 5.41) is 8.88. The van der Waals surface area contributed by atoms with Gasteiger partial charge in [0.15, 0.2) is 5.78 Å². The molecule has 6 nitrogen and oxygen atoms in total. The molecule has 33 heavy (non-hydrogen) atoms. The van der Waals surface area contributed by atoms with Crippen LogP contribution in [0.4, 0.5) is 16.2 Å². The fourth-order valence-corrected chi connectivity index (χ4v) is 4.42. The maximum atomic E-state index is 13.3. The van der Waals surface area contributed by atoms with Crippen LogP contribution < -0.4 is 16.0 Å². The van der Waals surface area contributed by atoms with Gasteiger partial charge in [0, 0.05) is 10.7 Å². The van der Waals surface area contributed by atoms with Gasteiger partial charge in [0.2, 0.25) is 5.91 Å². The first-order valence-corrected chi connectivity index (χ1v) is 11.0.